The van der Waals surface area contributed by atoms with Gasteiger partial charge in [-0.3, -0.25) is 0 Å². The first-order valence-electron chi connectivity index (χ1n) is 16.2. The van der Waals surface area contributed by atoms with Crippen LogP contribution in [0.1, 0.15) is 57.4 Å². The number of hydrogen-bond donors (Lipinski definition) is 0. The quantitative estimate of drug-likeness (QED) is 0.0730. The zero-order valence-electron chi connectivity index (χ0n) is 28.0. The smallest absolute Gasteiger partial charge is 0.432 e. The third kappa shape index (κ3) is 10.8. The van der Waals surface area contributed by atoms with Crippen molar-refractivity contribution in [2.24, 2.45) is 5.92 Å². The van der Waals surface area contributed by atoms with Gasteiger partial charge < -0.3 is 18.9 Å². The molecule has 3 aromatic rings. The third-order valence-electron chi connectivity index (χ3n) is 8.01. The summed E-state index contributed by atoms with van der Waals surface area (Å²) in [7, 11) is 0. The zero-order chi connectivity index (χ0) is 40.0. The molecular weight excluding hydrogens is 762 g/mol. The number of halogens is 14. The fourth-order valence-electron chi connectivity index (χ4n) is 5.37. The average Bonchev–Trinajstić information content (AvgIpc) is 3.04. The summed E-state index contributed by atoms with van der Waals surface area (Å²) in [5.41, 5.74) is -3.66. The molecule has 0 bridgehead atoms. The summed E-state index contributed by atoms with van der Waals surface area (Å²) in [6, 6.07) is 1.30. The van der Waals surface area contributed by atoms with Crippen LogP contribution < -0.4 is 14.2 Å². The van der Waals surface area contributed by atoms with Crippen LogP contribution in [-0.4, -0.2) is 25.4 Å². The lowest BCUT2D eigenvalue weighted by Crippen LogP contribution is -2.31. The Morgan fingerprint density at radius 2 is 1.04 bits per heavy atom. The molecule has 0 aliphatic heterocycles. The van der Waals surface area contributed by atoms with Crippen LogP contribution in [0.25, 0.3) is 0 Å². The van der Waals surface area contributed by atoms with E-state index in [0.717, 1.165) is 0 Å². The summed E-state index contributed by atoms with van der Waals surface area (Å²) in [6.45, 7) is 1.91. The molecule has 0 saturated heterocycles. The molecule has 0 amide bonds. The van der Waals surface area contributed by atoms with Gasteiger partial charge in [-0.1, -0.05) is 26.2 Å². The lowest BCUT2D eigenvalue weighted by molar-refractivity contribution is -0.189. The predicted molar refractivity (Wildman–Crippen MR) is 163 cm³/mol. The molecule has 0 heterocycles. The summed E-state index contributed by atoms with van der Waals surface area (Å²) < 4.78 is 214. The van der Waals surface area contributed by atoms with Crippen molar-refractivity contribution in [2.45, 2.75) is 70.2 Å². The van der Waals surface area contributed by atoms with Gasteiger partial charge in [-0.25, -0.2) is 43.9 Å². The van der Waals surface area contributed by atoms with E-state index in [-0.39, 0.29) is 43.4 Å². The molecule has 1 aliphatic rings. The Balaban J connectivity index is 1.14. The van der Waals surface area contributed by atoms with Crippen molar-refractivity contribution in [1.82, 2.24) is 0 Å². The van der Waals surface area contributed by atoms with E-state index in [1.807, 2.05) is 6.92 Å². The highest BCUT2D eigenvalue weighted by Gasteiger charge is 2.45. The maximum absolute atomic E-state index is 14.6. The zero-order valence-corrected chi connectivity index (χ0v) is 28.0. The van der Waals surface area contributed by atoms with Crippen LogP contribution in [0.4, 0.5) is 61.5 Å². The van der Waals surface area contributed by atoms with E-state index in [2.05, 4.69) is 9.47 Å². The minimum atomic E-state index is -4.74. The molecular formula is C36H30F14O4. The topological polar surface area (TPSA) is 36.9 Å². The monoisotopic (exact) mass is 792 g/mol. The van der Waals surface area contributed by atoms with Gasteiger partial charge in [0.05, 0.1) is 12.7 Å². The van der Waals surface area contributed by atoms with E-state index in [1.54, 1.807) is 0 Å². The largest absolute Gasteiger partial charge is 0.493 e. The van der Waals surface area contributed by atoms with E-state index < -0.39 is 111 Å². The van der Waals surface area contributed by atoms with Gasteiger partial charge in [0.2, 0.25) is 0 Å². The molecule has 2 unspecified atom stereocenters. The van der Waals surface area contributed by atoms with Gasteiger partial charge in [0.25, 0.3) is 0 Å². The molecule has 54 heavy (non-hydrogen) atoms. The fourth-order valence-corrected chi connectivity index (χ4v) is 5.37. The van der Waals surface area contributed by atoms with Crippen LogP contribution in [0.5, 0.6) is 17.2 Å². The van der Waals surface area contributed by atoms with Crippen molar-refractivity contribution >= 4 is 0 Å². The number of unbranched alkanes of at least 4 members (excludes halogenated alkanes) is 2. The van der Waals surface area contributed by atoms with Gasteiger partial charge >= 0.3 is 12.2 Å². The number of rotatable bonds is 18. The second kappa shape index (κ2) is 17.8. The Bertz CT molecular complexity index is 1790. The Labute approximate surface area is 299 Å². The van der Waals surface area contributed by atoms with E-state index in [0.29, 0.717) is 56.7 Å². The van der Waals surface area contributed by atoms with Gasteiger partial charge in [0.1, 0.15) is 51.7 Å². The lowest BCUT2D eigenvalue weighted by Gasteiger charge is -2.25. The normalized spacial score (nSPS) is 15.7. The molecule has 1 aliphatic carbocycles. The van der Waals surface area contributed by atoms with Gasteiger partial charge in [-0.15, -0.1) is 0 Å². The summed E-state index contributed by atoms with van der Waals surface area (Å²) >= 11 is 0. The first-order chi connectivity index (χ1) is 25.3. The SMILES string of the molecule is CC(CCCCOc1cc(F)c(C(F)(F)Oc2cc(F)c(F)c(F)c2)c(F)c1)CCCCOC1C=C(F)C(C(F)(F)Oc2cc(F)c(F)c(F)c2)=C(F)C1. The fraction of sp³-hybridized carbons (Fsp3) is 0.389. The van der Waals surface area contributed by atoms with E-state index >= 15 is 0 Å². The standard InChI is InChI=1S/C36H30F14O4/c1-18(6-2-4-8-51-19-10-23(37)31(24(38)11-19)35(47,48)53-21-14-27(41)33(45)28(42)15-21)7-3-5-9-52-20-12-25(39)32(26(40)13-20)36(49,50)54-22-16-29(43)34(46)30(44)17-22/h10-12,14-18,20H,2-9,13H2,1H3. The number of benzene rings is 3. The molecule has 0 fully saturated rings. The summed E-state index contributed by atoms with van der Waals surface area (Å²) in [5.74, 6) is -20.9. The molecule has 0 aromatic heterocycles. The molecule has 2 atom stereocenters. The average molecular weight is 793 g/mol. The molecule has 0 saturated carbocycles. The van der Waals surface area contributed by atoms with Crippen molar-refractivity contribution < 1.29 is 80.4 Å². The van der Waals surface area contributed by atoms with Gasteiger partial charge in [-0.05, 0) is 31.3 Å². The van der Waals surface area contributed by atoms with E-state index in [4.69, 9.17) is 9.47 Å². The minimum Gasteiger partial charge on any atom is -0.493 e. The maximum Gasteiger partial charge on any atom is 0.432 e. The first kappa shape index (κ1) is 42.3. The molecule has 0 spiro atoms. The van der Waals surface area contributed by atoms with Crippen molar-refractivity contribution in [3.05, 3.63) is 112 Å². The molecule has 4 rings (SSSR count). The van der Waals surface area contributed by atoms with Crippen LogP contribution in [0.15, 0.2) is 59.7 Å². The highest BCUT2D eigenvalue weighted by molar-refractivity contribution is 5.39. The van der Waals surface area contributed by atoms with E-state index in [9.17, 15) is 61.5 Å². The first-order valence-corrected chi connectivity index (χ1v) is 16.2. The van der Waals surface area contributed by atoms with Gasteiger partial charge in [-0.2, -0.15) is 17.6 Å². The van der Waals surface area contributed by atoms with Gasteiger partial charge in [0, 0.05) is 49.4 Å². The molecule has 296 valence electrons. The summed E-state index contributed by atoms with van der Waals surface area (Å²) in [6.07, 6.45) is -7.42. The Hall–Kier alpha value is -4.48. The van der Waals surface area contributed by atoms with Gasteiger partial charge in [0.15, 0.2) is 34.9 Å². The molecule has 4 nitrogen and oxygen atoms in total. The Morgan fingerprint density at radius 3 is 1.52 bits per heavy atom. The summed E-state index contributed by atoms with van der Waals surface area (Å²) in [5, 5.41) is 0. The third-order valence-corrected chi connectivity index (χ3v) is 8.01. The van der Waals surface area contributed by atoms with E-state index in [1.165, 1.54) is 0 Å². The van der Waals surface area contributed by atoms with Crippen molar-refractivity contribution in [3.63, 3.8) is 0 Å². The molecule has 3 aromatic carbocycles. The maximum atomic E-state index is 14.6. The second-order valence-corrected chi connectivity index (χ2v) is 12.3. The molecule has 0 N–H and O–H groups in total. The van der Waals surface area contributed by atoms with Crippen LogP contribution in [0.3, 0.4) is 0 Å². The minimum absolute atomic E-state index is 0.0198. The van der Waals surface area contributed by atoms with Crippen molar-refractivity contribution in [3.8, 4) is 17.2 Å². The lowest BCUT2D eigenvalue weighted by atomic mass is 9.98. The van der Waals surface area contributed by atoms with Crippen LogP contribution >= 0.6 is 0 Å². The molecule has 18 heteroatoms. The Morgan fingerprint density at radius 1 is 0.593 bits per heavy atom. The van der Waals surface area contributed by atoms with Crippen molar-refractivity contribution in [2.75, 3.05) is 13.2 Å². The molecule has 0 radical (unpaired) electrons. The highest BCUT2D eigenvalue weighted by atomic mass is 19.3. The highest BCUT2D eigenvalue weighted by Crippen LogP contribution is 2.41. The number of ether oxygens (including phenoxy) is 4. The van der Waals surface area contributed by atoms with Crippen LogP contribution in [0.2, 0.25) is 0 Å². The van der Waals surface area contributed by atoms with Crippen LogP contribution in [0, 0.1) is 52.5 Å². The predicted octanol–water partition coefficient (Wildman–Crippen LogP) is 11.8. The number of alkyl halides is 4. The number of hydrogen-bond acceptors (Lipinski definition) is 4. The van der Waals surface area contributed by atoms with Crippen molar-refractivity contribution in [1.29, 1.82) is 0 Å². The Kier molecular flexibility index (Phi) is 13.9. The summed E-state index contributed by atoms with van der Waals surface area (Å²) in [4.78, 5) is 0. The van der Waals surface area contributed by atoms with Crippen LogP contribution in [-0.2, 0) is 10.8 Å². The second-order valence-electron chi connectivity index (χ2n) is 12.3.